The van der Waals surface area contributed by atoms with Crippen LogP contribution in [0.1, 0.15) is 22.3 Å². The summed E-state index contributed by atoms with van der Waals surface area (Å²) in [5.74, 6) is 3.54. The Kier molecular flexibility index (Phi) is 11.3. The van der Waals surface area contributed by atoms with Crippen molar-refractivity contribution in [2.45, 2.75) is 27.7 Å². The molecule has 0 aliphatic carbocycles. The van der Waals surface area contributed by atoms with Crippen LogP contribution in [0, 0.1) is 27.7 Å². The summed E-state index contributed by atoms with van der Waals surface area (Å²) < 4.78 is 23.2. The van der Waals surface area contributed by atoms with Crippen LogP contribution in [0.5, 0.6) is 23.0 Å². The number of aryl methyl sites for hydroxylation is 4. The molecule has 0 unspecified atom stereocenters. The van der Waals surface area contributed by atoms with E-state index in [4.69, 9.17) is 18.9 Å². The normalized spacial score (nSPS) is 11.4. The summed E-state index contributed by atoms with van der Waals surface area (Å²) in [5.41, 5.74) is 7.04. The van der Waals surface area contributed by atoms with E-state index in [-0.39, 0.29) is 0 Å². The maximum Gasteiger partial charge on any atom is 0.124 e. The molecule has 0 radical (unpaired) electrons. The van der Waals surface area contributed by atoms with Crippen LogP contribution in [0.15, 0.2) is 146 Å². The zero-order chi connectivity index (χ0) is 40.5. The Balaban J connectivity index is 1.52. The third-order valence-electron chi connectivity index (χ3n) is 11.0. The van der Waals surface area contributed by atoms with Crippen LogP contribution >= 0.6 is 15.8 Å². The van der Waals surface area contributed by atoms with E-state index in [2.05, 4.69) is 173 Å². The smallest absolute Gasteiger partial charge is 0.124 e. The molecule has 0 aliphatic heterocycles. The van der Waals surface area contributed by atoms with Gasteiger partial charge in [-0.05, 0) is 179 Å². The van der Waals surface area contributed by atoms with Crippen LogP contribution in [0.2, 0.25) is 0 Å². The largest absolute Gasteiger partial charge is 0.497 e. The predicted molar refractivity (Wildman–Crippen MR) is 249 cm³/mol. The van der Waals surface area contributed by atoms with Crippen molar-refractivity contribution in [3.05, 3.63) is 168 Å². The maximum absolute atomic E-state index is 5.92. The second-order valence-electron chi connectivity index (χ2n) is 14.7. The van der Waals surface area contributed by atoms with Crippen molar-refractivity contribution in [1.29, 1.82) is 0 Å². The molecule has 0 fully saturated rings. The van der Waals surface area contributed by atoms with Gasteiger partial charge in [0.15, 0.2) is 0 Å². The van der Waals surface area contributed by atoms with Crippen LogP contribution < -0.4 is 50.8 Å². The van der Waals surface area contributed by atoms with Crippen molar-refractivity contribution in [1.82, 2.24) is 0 Å². The quantitative estimate of drug-likeness (QED) is 0.122. The van der Waals surface area contributed by atoms with Gasteiger partial charge < -0.3 is 18.9 Å². The number of hydrogen-bond donors (Lipinski definition) is 0. The van der Waals surface area contributed by atoms with Crippen molar-refractivity contribution in [2.24, 2.45) is 0 Å². The summed E-state index contributed by atoms with van der Waals surface area (Å²) in [5, 5.41) is 12.5. The summed E-state index contributed by atoms with van der Waals surface area (Å²) >= 11 is 0. The van der Waals surface area contributed by atoms with Gasteiger partial charge in [0, 0.05) is 0 Å². The molecule has 0 aromatic heterocycles. The van der Waals surface area contributed by atoms with Crippen molar-refractivity contribution >= 4 is 69.2 Å². The summed E-state index contributed by atoms with van der Waals surface area (Å²) in [7, 11) is 4.80. The van der Waals surface area contributed by atoms with E-state index in [1.165, 1.54) is 64.5 Å². The first-order valence-electron chi connectivity index (χ1n) is 19.5. The molecule has 0 saturated heterocycles. The minimum atomic E-state index is -1.11. The van der Waals surface area contributed by atoms with Gasteiger partial charge >= 0.3 is 0 Å². The van der Waals surface area contributed by atoms with E-state index in [0.717, 1.165) is 45.3 Å². The zero-order valence-electron chi connectivity index (χ0n) is 34.4. The topological polar surface area (TPSA) is 36.9 Å². The molecule has 8 aromatic rings. The molecule has 8 rings (SSSR count). The first-order chi connectivity index (χ1) is 28.2. The van der Waals surface area contributed by atoms with Crippen LogP contribution in [-0.2, 0) is 0 Å². The second-order valence-corrected chi connectivity index (χ2v) is 19.0. The highest BCUT2D eigenvalue weighted by atomic mass is 31.1. The fraction of sp³-hybridized carbons (Fsp3) is 0.154. The average molecular weight is 799 g/mol. The molecular formula is C52H48O4P2. The van der Waals surface area contributed by atoms with E-state index in [1.54, 1.807) is 28.4 Å². The molecule has 290 valence electrons. The number of benzene rings is 8. The van der Waals surface area contributed by atoms with Crippen molar-refractivity contribution in [3.8, 4) is 34.1 Å². The van der Waals surface area contributed by atoms with Gasteiger partial charge in [0.05, 0.1) is 28.4 Å². The van der Waals surface area contributed by atoms with Crippen LogP contribution in [0.3, 0.4) is 0 Å². The van der Waals surface area contributed by atoms with Crippen molar-refractivity contribution < 1.29 is 18.9 Å². The molecule has 0 bridgehead atoms. The Hall–Kier alpha value is -5.66. The molecule has 0 aliphatic rings. The zero-order valence-corrected chi connectivity index (χ0v) is 36.2. The summed E-state index contributed by atoms with van der Waals surface area (Å²) in [6, 6.07) is 53.8. The molecule has 0 heterocycles. The van der Waals surface area contributed by atoms with E-state index < -0.39 is 15.8 Å². The lowest BCUT2D eigenvalue weighted by Crippen LogP contribution is -2.27. The molecule has 0 atom stereocenters. The third kappa shape index (κ3) is 7.21. The predicted octanol–water partition coefficient (Wildman–Crippen LogP) is 10.4. The minimum absolute atomic E-state index is 0.837. The standard InChI is InChI=1S/C52H48O4P2/c1-33-29-43(30-34(2)51(33)55-7)58(44-31-35(3)52(56-8)36(4)32-44)48-28-18-38-14-10-12-16-46(38)50(48)49-45-15-11-9-13-37(45)17-27-47(49)57(41-23-19-39(53-5)20-24-41)42-25-21-40(54-6)22-26-42/h9-32H,1-8H3. The Morgan fingerprint density at radius 3 is 1.03 bits per heavy atom. The van der Waals surface area contributed by atoms with E-state index in [1.807, 2.05) is 0 Å². The van der Waals surface area contributed by atoms with Gasteiger partial charge in [0.2, 0.25) is 0 Å². The van der Waals surface area contributed by atoms with Gasteiger partial charge in [-0.1, -0.05) is 97.1 Å². The molecule has 0 saturated carbocycles. The van der Waals surface area contributed by atoms with Crippen molar-refractivity contribution in [2.75, 3.05) is 28.4 Å². The molecule has 0 N–H and O–H groups in total. The molecule has 8 aromatic carbocycles. The minimum Gasteiger partial charge on any atom is -0.497 e. The van der Waals surface area contributed by atoms with Gasteiger partial charge in [-0.15, -0.1) is 0 Å². The Labute approximate surface area is 344 Å². The van der Waals surface area contributed by atoms with Gasteiger partial charge in [-0.2, -0.15) is 0 Å². The van der Waals surface area contributed by atoms with Gasteiger partial charge in [0.25, 0.3) is 0 Å². The number of hydrogen-bond acceptors (Lipinski definition) is 4. The van der Waals surface area contributed by atoms with E-state index in [9.17, 15) is 0 Å². The number of fused-ring (bicyclic) bond motifs is 2. The Bertz CT molecular complexity index is 2620. The van der Waals surface area contributed by atoms with Gasteiger partial charge in [-0.3, -0.25) is 0 Å². The highest BCUT2D eigenvalue weighted by molar-refractivity contribution is 7.81. The van der Waals surface area contributed by atoms with Crippen LogP contribution in [-0.4, -0.2) is 28.4 Å². The second kappa shape index (κ2) is 16.7. The molecule has 0 spiro atoms. The van der Waals surface area contributed by atoms with E-state index in [0.29, 0.717) is 0 Å². The van der Waals surface area contributed by atoms with Gasteiger partial charge in [-0.25, -0.2) is 0 Å². The first-order valence-corrected chi connectivity index (χ1v) is 22.2. The highest BCUT2D eigenvalue weighted by Crippen LogP contribution is 2.47. The fourth-order valence-corrected chi connectivity index (χ4v) is 13.7. The number of ether oxygens (including phenoxy) is 4. The number of rotatable bonds is 11. The first kappa shape index (κ1) is 39.2. The van der Waals surface area contributed by atoms with Crippen LogP contribution in [0.4, 0.5) is 0 Å². The Morgan fingerprint density at radius 1 is 0.345 bits per heavy atom. The average Bonchev–Trinajstić information content (AvgIpc) is 3.24. The van der Waals surface area contributed by atoms with E-state index >= 15 is 0 Å². The molecule has 4 nitrogen and oxygen atoms in total. The number of methoxy groups -OCH3 is 4. The summed E-state index contributed by atoms with van der Waals surface area (Å²) in [6.07, 6.45) is 0. The van der Waals surface area contributed by atoms with Crippen molar-refractivity contribution in [3.63, 3.8) is 0 Å². The summed E-state index contributed by atoms with van der Waals surface area (Å²) in [4.78, 5) is 0. The monoisotopic (exact) mass is 798 g/mol. The highest BCUT2D eigenvalue weighted by Gasteiger charge is 2.29. The molecular weight excluding hydrogens is 751 g/mol. The SMILES string of the molecule is COc1ccc(P(c2ccc(OC)cc2)c2ccc3ccccc3c2-c2c(P(c3cc(C)c(OC)c(C)c3)c3cc(C)c(OC)c(C)c3)ccc3ccccc23)cc1. The third-order valence-corrected chi connectivity index (χ3v) is 15.9. The lowest BCUT2D eigenvalue weighted by molar-refractivity contribution is 0.408. The Morgan fingerprint density at radius 2 is 0.690 bits per heavy atom. The molecule has 6 heteroatoms. The maximum atomic E-state index is 5.92. The molecule has 0 amide bonds. The van der Waals surface area contributed by atoms with Gasteiger partial charge in [0.1, 0.15) is 23.0 Å². The summed E-state index contributed by atoms with van der Waals surface area (Å²) in [6.45, 7) is 8.64. The van der Waals surface area contributed by atoms with Crippen LogP contribution in [0.25, 0.3) is 32.7 Å². The lowest BCUT2D eigenvalue weighted by Gasteiger charge is -2.29. The lowest BCUT2D eigenvalue weighted by atomic mass is 9.93. The fourth-order valence-electron chi connectivity index (χ4n) is 8.49. The molecule has 58 heavy (non-hydrogen) atoms.